The Kier molecular flexibility index (Phi) is 5.83. The lowest BCUT2D eigenvalue weighted by atomic mass is 9.96. The molecule has 116 valence electrons. The average Bonchev–Trinajstić information content (AvgIpc) is 2.88. The Morgan fingerprint density at radius 1 is 1.29 bits per heavy atom. The number of methoxy groups -OCH3 is 1. The van der Waals surface area contributed by atoms with Crippen molar-refractivity contribution in [2.24, 2.45) is 5.92 Å². The van der Waals surface area contributed by atoms with Crippen molar-refractivity contribution in [3.05, 3.63) is 35.6 Å². The Hall–Kier alpha value is -1.32. The molecule has 1 aromatic carbocycles. The molecule has 0 amide bonds. The summed E-state index contributed by atoms with van der Waals surface area (Å²) in [4.78, 5) is 0. The summed E-state index contributed by atoms with van der Waals surface area (Å²) in [6, 6.07) is 8.76. The van der Waals surface area contributed by atoms with E-state index in [2.05, 4.69) is 50.4 Å². The van der Waals surface area contributed by atoms with Crippen LogP contribution < -0.4 is 5.32 Å². The van der Waals surface area contributed by atoms with Gasteiger partial charge in [-0.15, -0.1) is 0 Å². The second-order valence-corrected chi connectivity index (χ2v) is 5.88. The third-order valence-corrected chi connectivity index (χ3v) is 3.96. The zero-order valence-electron chi connectivity index (χ0n) is 13.6. The van der Waals surface area contributed by atoms with Gasteiger partial charge in [0, 0.05) is 19.1 Å². The van der Waals surface area contributed by atoms with E-state index in [1.807, 2.05) is 0 Å². The molecule has 0 aliphatic rings. The maximum atomic E-state index is 6.08. The van der Waals surface area contributed by atoms with Crippen LogP contribution in [0.2, 0.25) is 0 Å². The van der Waals surface area contributed by atoms with Gasteiger partial charge < -0.3 is 14.5 Å². The summed E-state index contributed by atoms with van der Waals surface area (Å²) in [5.74, 6) is 1.51. The summed E-state index contributed by atoms with van der Waals surface area (Å²) < 4.78 is 11.3. The lowest BCUT2D eigenvalue weighted by molar-refractivity contribution is 0.167. The fourth-order valence-electron chi connectivity index (χ4n) is 2.69. The van der Waals surface area contributed by atoms with E-state index in [0.717, 1.165) is 37.3 Å². The Balaban J connectivity index is 2.24. The number of hydrogen-bond acceptors (Lipinski definition) is 3. The molecule has 1 N–H and O–H groups in total. The topological polar surface area (TPSA) is 34.4 Å². The highest BCUT2D eigenvalue weighted by Crippen LogP contribution is 2.30. The van der Waals surface area contributed by atoms with Crippen LogP contribution in [-0.4, -0.2) is 20.3 Å². The molecule has 2 rings (SSSR count). The van der Waals surface area contributed by atoms with Crippen LogP contribution in [-0.2, 0) is 4.74 Å². The number of benzene rings is 1. The molecule has 3 heteroatoms. The molecule has 0 saturated heterocycles. The van der Waals surface area contributed by atoms with E-state index in [0.29, 0.717) is 5.92 Å². The SMILES string of the molecule is CCCNC(c1cc2cc(C)ccc2o1)C(C)CCOC. The average molecular weight is 289 g/mol. The van der Waals surface area contributed by atoms with Crippen LogP contribution in [0.1, 0.15) is 44.1 Å². The van der Waals surface area contributed by atoms with E-state index in [9.17, 15) is 0 Å². The summed E-state index contributed by atoms with van der Waals surface area (Å²) in [5.41, 5.74) is 2.23. The molecule has 0 aliphatic carbocycles. The summed E-state index contributed by atoms with van der Waals surface area (Å²) >= 11 is 0. The molecule has 0 radical (unpaired) electrons. The zero-order chi connectivity index (χ0) is 15.2. The van der Waals surface area contributed by atoms with Crippen LogP contribution in [0.4, 0.5) is 0 Å². The van der Waals surface area contributed by atoms with Crippen molar-refractivity contribution >= 4 is 11.0 Å². The Morgan fingerprint density at radius 2 is 2.10 bits per heavy atom. The van der Waals surface area contributed by atoms with Crippen LogP contribution in [0.5, 0.6) is 0 Å². The number of ether oxygens (including phenoxy) is 1. The smallest absolute Gasteiger partial charge is 0.134 e. The first-order chi connectivity index (χ1) is 10.2. The van der Waals surface area contributed by atoms with Gasteiger partial charge in [0.1, 0.15) is 11.3 Å². The molecular formula is C18H27NO2. The molecule has 0 saturated carbocycles. The minimum atomic E-state index is 0.243. The summed E-state index contributed by atoms with van der Waals surface area (Å²) in [6.07, 6.45) is 2.14. The zero-order valence-corrected chi connectivity index (χ0v) is 13.6. The molecule has 21 heavy (non-hydrogen) atoms. The number of furan rings is 1. The van der Waals surface area contributed by atoms with E-state index >= 15 is 0 Å². The lowest BCUT2D eigenvalue weighted by Crippen LogP contribution is -2.28. The van der Waals surface area contributed by atoms with Gasteiger partial charge in [0.2, 0.25) is 0 Å². The van der Waals surface area contributed by atoms with E-state index in [-0.39, 0.29) is 6.04 Å². The maximum absolute atomic E-state index is 6.08. The van der Waals surface area contributed by atoms with Gasteiger partial charge in [0.05, 0.1) is 6.04 Å². The molecular weight excluding hydrogens is 262 g/mol. The van der Waals surface area contributed by atoms with Crippen LogP contribution >= 0.6 is 0 Å². The first-order valence-electron chi connectivity index (χ1n) is 7.88. The van der Waals surface area contributed by atoms with Crippen LogP contribution in [0.25, 0.3) is 11.0 Å². The van der Waals surface area contributed by atoms with Gasteiger partial charge in [-0.05, 0) is 50.4 Å². The van der Waals surface area contributed by atoms with Gasteiger partial charge in [-0.3, -0.25) is 0 Å². The second-order valence-electron chi connectivity index (χ2n) is 5.88. The normalized spacial score (nSPS) is 14.5. The van der Waals surface area contributed by atoms with Gasteiger partial charge in [0.15, 0.2) is 0 Å². The predicted molar refractivity (Wildman–Crippen MR) is 87.6 cm³/mol. The highest BCUT2D eigenvalue weighted by molar-refractivity contribution is 5.78. The van der Waals surface area contributed by atoms with E-state index in [4.69, 9.17) is 9.15 Å². The molecule has 2 unspecified atom stereocenters. The lowest BCUT2D eigenvalue weighted by Gasteiger charge is -2.23. The number of nitrogens with one attached hydrogen (secondary N) is 1. The van der Waals surface area contributed by atoms with Crippen LogP contribution in [0.3, 0.4) is 0 Å². The minimum absolute atomic E-state index is 0.243. The molecule has 0 spiro atoms. The van der Waals surface area contributed by atoms with Gasteiger partial charge in [-0.1, -0.05) is 25.5 Å². The van der Waals surface area contributed by atoms with Crippen molar-refractivity contribution in [1.82, 2.24) is 5.32 Å². The van der Waals surface area contributed by atoms with Crippen molar-refractivity contribution in [3.8, 4) is 0 Å². The molecule has 2 aromatic rings. The van der Waals surface area contributed by atoms with E-state index in [1.165, 1.54) is 10.9 Å². The summed E-state index contributed by atoms with van der Waals surface area (Å²) in [5, 5.41) is 4.81. The van der Waals surface area contributed by atoms with Crippen molar-refractivity contribution in [2.75, 3.05) is 20.3 Å². The molecule has 1 heterocycles. The molecule has 1 aromatic heterocycles. The largest absolute Gasteiger partial charge is 0.459 e. The van der Waals surface area contributed by atoms with E-state index in [1.54, 1.807) is 7.11 Å². The highest BCUT2D eigenvalue weighted by atomic mass is 16.5. The first kappa shape index (κ1) is 16.1. The predicted octanol–water partition coefficient (Wildman–Crippen LogP) is 4.45. The number of rotatable bonds is 8. The van der Waals surface area contributed by atoms with Crippen molar-refractivity contribution in [3.63, 3.8) is 0 Å². The van der Waals surface area contributed by atoms with Gasteiger partial charge in [0.25, 0.3) is 0 Å². The standard InChI is InChI=1S/C18H27NO2/c1-5-9-19-18(14(3)8-10-20-4)17-12-15-11-13(2)6-7-16(15)21-17/h6-7,11-12,14,18-19H,5,8-10H2,1-4H3. The molecule has 2 atom stereocenters. The quantitative estimate of drug-likeness (QED) is 0.779. The highest BCUT2D eigenvalue weighted by Gasteiger charge is 2.22. The third kappa shape index (κ3) is 4.08. The molecule has 0 fully saturated rings. The Bertz CT molecular complexity index is 561. The van der Waals surface area contributed by atoms with E-state index < -0.39 is 0 Å². The maximum Gasteiger partial charge on any atom is 0.134 e. The first-order valence-corrected chi connectivity index (χ1v) is 7.88. The summed E-state index contributed by atoms with van der Waals surface area (Å²) in [6.45, 7) is 8.33. The Morgan fingerprint density at radius 3 is 2.81 bits per heavy atom. The van der Waals surface area contributed by atoms with Gasteiger partial charge >= 0.3 is 0 Å². The third-order valence-electron chi connectivity index (χ3n) is 3.96. The van der Waals surface area contributed by atoms with Crippen LogP contribution in [0.15, 0.2) is 28.7 Å². The second kappa shape index (κ2) is 7.62. The fraction of sp³-hybridized carbons (Fsp3) is 0.556. The molecule has 0 bridgehead atoms. The van der Waals surface area contributed by atoms with Crippen molar-refractivity contribution < 1.29 is 9.15 Å². The number of aryl methyl sites for hydroxylation is 1. The van der Waals surface area contributed by atoms with Crippen molar-refractivity contribution in [1.29, 1.82) is 0 Å². The van der Waals surface area contributed by atoms with Gasteiger partial charge in [-0.25, -0.2) is 0 Å². The fourth-order valence-corrected chi connectivity index (χ4v) is 2.69. The monoisotopic (exact) mass is 289 g/mol. The molecule has 3 nitrogen and oxygen atoms in total. The minimum Gasteiger partial charge on any atom is -0.459 e. The van der Waals surface area contributed by atoms with Crippen molar-refractivity contribution in [2.45, 2.75) is 39.7 Å². The molecule has 0 aliphatic heterocycles. The number of fused-ring (bicyclic) bond motifs is 1. The number of hydrogen-bond donors (Lipinski definition) is 1. The van der Waals surface area contributed by atoms with Crippen LogP contribution in [0, 0.1) is 12.8 Å². The summed E-state index contributed by atoms with van der Waals surface area (Å²) in [7, 11) is 1.76. The van der Waals surface area contributed by atoms with Gasteiger partial charge in [-0.2, -0.15) is 0 Å². The Labute approximate surface area is 127 Å².